The molecule has 0 saturated heterocycles. The van der Waals surface area contributed by atoms with Gasteiger partial charge in [0.05, 0.1) is 18.0 Å². The van der Waals surface area contributed by atoms with Crippen LogP contribution in [-0.4, -0.2) is 27.1 Å². The maximum atomic E-state index is 13.5. The normalized spacial score (nSPS) is 12.5. The van der Waals surface area contributed by atoms with Crippen molar-refractivity contribution in [3.63, 3.8) is 0 Å². The first kappa shape index (κ1) is 19.8. The second-order valence-corrected chi connectivity index (χ2v) is 7.71. The predicted molar refractivity (Wildman–Crippen MR) is 96.2 cm³/mol. The Labute approximate surface area is 151 Å². The summed E-state index contributed by atoms with van der Waals surface area (Å²) in [4.78, 5) is 12.4. The van der Waals surface area contributed by atoms with Gasteiger partial charge in [-0.15, -0.1) is 0 Å². The molecule has 8 heteroatoms. The van der Waals surface area contributed by atoms with E-state index in [1.807, 2.05) is 37.3 Å². The zero-order valence-electron chi connectivity index (χ0n) is 14.4. The van der Waals surface area contributed by atoms with Crippen molar-refractivity contribution in [3.8, 4) is 0 Å². The van der Waals surface area contributed by atoms with Crippen LogP contribution in [0, 0.1) is 11.6 Å². The number of nitrogens with one attached hydrogen (secondary N) is 1. The van der Waals surface area contributed by atoms with Gasteiger partial charge in [-0.2, -0.15) is 0 Å². The molecule has 0 unspecified atom stereocenters. The number of rotatable bonds is 7. The number of hydrogen-bond acceptors (Lipinski definition) is 3. The van der Waals surface area contributed by atoms with Crippen LogP contribution < -0.4 is 9.62 Å². The highest BCUT2D eigenvalue weighted by Gasteiger charge is 2.23. The third kappa shape index (κ3) is 5.01. The first-order valence-corrected chi connectivity index (χ1v) is 9.84. The van der Waals surface area contributed by atoms with Crippen molar-refractivity contribution < 1.29 is 22.0 Å². The molecule has 0 aliphatic rings. The third-order valence-electron chi connectivity index (χ3n) is 3.82. The average molecular weight is 382 g/mol. The first-order valence-electron chi connectivity index (χ1n) is 7.99. The summed E-state index contributed by atoms with van der Waals surface area (Å²) in [5.74, 6) is -2.83. The second-order valence-electron chi connectivity index (χ2n) is 5.81. The van der Waals surface area contributed by atoms with Crippen molar-refractivity contribution in [1.29, 1.82) is 0 Å². The summed E-state index contributed by atoms with van der Waals surface area (Å²) in [6.45, 7) is 1.36. The topological polar surface area (TPSA) is 66.5 Å². The summed E-state index contributed by atoms with van der Waals surface area (Å²) in [6.07, 6.45) is 1.51. The number of nitrogens with zero attached hydrogens (tertiary/aromatic N) is 1. The SMILES string of the molecule is CC[C@@H](NC(=O)CN(c1ccc(F)c(F)c1)S(C)(=O)=O)c1ccccc1. The number of sulfonamides is 1. The summed E-state index contributed by atoms with van der Waals surface area (Å²) >= 11 is 0. The van der Waals surface area contributed by atoms with Crippen LogP contribution in [0.25, 0.3) is 0 Å². The minimum atomic E-state index is -3.87. The Hall–Kier alpha value is -2.48. The van der Waals surface area contributed by atoms with Crippen LogP contribution in [0.4, 0.5) is 14.5 Å². The fourth-order valence-corrected chi connectivity index (χ4v) is 3.37. The Kier molecular flexibility index (Phi) is 6.31. The van der Waals surface area contributed by atoms with E-state index in [9.17, 15) is 22.0 Å². The van der Waals surface area contributed by atoms with Gasteiger partial charge >= 0.3 is 0 Å². The van der Waals surface area contributed by atoms with E-state index < -0.39 is 34.1 Å². The molecular weight excluding hydrogens is 362 g/mol. The summed E-state index contributed by atoms with van der Waals surface area (Å²) in [5.41, 5.74) is 0.774. The zero-order valence-corrected chi connectivity index (χ0v) is 15.3. The molecule has 0 fully saturated rings. The molecule has 0 radical (unpaired) electrons. The minimum Gasteiger partial charge on any atom is -0.348 e. The molecule has 0 bridgehead atoms. The zero-order chi connectivity index (χ0) is 19.3. The van der Waals surface area contributed by atoms with Crippen molar-refractivity contribution in [2.75, 3.05) is 17.1 Å². The van der Waals surface area contributed by atoms with Gasteiger partial charge in [0, 0.05) is 6.07 Å². The maximum Gasteiger partial charge on any atom is 0.241 e. The van der Waals surface area contributed by atoms with E-state index in [0.717, 1.165) is 34.3 Å². The quantitative estimate of drug-likeness (QED) is 0.801. The highest BCUT2D eigenvalue weighted by molar-refractivity contribution is 7.92. The smallest absolute Gasteiger partial charge is 0.241 e. The lowest BCUT2D eigenvalue weighted by Crippen LogP contribution is -2.41. The highest BCUT2D eigenvalue weighted by atomic mass is 32.2. The predicted octanol–water partition coefficient (Wildman–Crippen LogP) is 3.00. The lowest BCUT2D eigenvalue weighted by atomic mass is 10.0. The summed E-state index contributed by atoms with van der Waals surface area (Å²) in [7, 11) is -3.87. The van der Waals surface area contributed by atoms with Crippen molar-refractivity contribution in [1.82, 2.24) is 5.32 Å². The van der Waals surface area contributed by atoms with E-state index in [1.165, 1.54) is 0 Å². The van der Waals surface area contributed by atoms with Gasteiger partial charge in [-0.05, 0) is 24.1 Å². The van der Waals surface area contributed by atoms with Crippen molar-refractivity contribution >= 4 is 21.6 Å². The largest absolute Gasteiger partial charge is 0.348 e. The van der Waals surface area contributed by atoms with Crippen molar-refractivity contribution in [2.24, 2.45) is 0 Å². The molecule has 0 spiro atoms. The van der Waals surface area contributed by atoms with E-state index in [4.69, 9.17) is 0 Å². The summed E-state index contributed by atoms with van der Waals surface area (Å²) in [5, 5.41) is 2.77. The fraction of sp³-hybridized carbons (Fsp3) is 0.278. The van der Waals surface area contributed by atoms with Gasteiger partial charge in [0.25, 0.3) is 0 Å². The molecule has 26 heavy (non-hydrogen) atoms. The molecule has 1 atom stereocenters. The average Bonchev–Trinajstić information content (AvgIpc) is 2.60. The van der Waals surface area contributed by atoms with Crippen LogP contribution in [0.1, 0.15) is 24.9 Å². The number of benzene rings is 2. The molecule has 0 aromatic heterocycles. The van der Waals surface area contributed by atoms with Crippen molar-refractivity contribution in [2.45, 2.75) is 19.4 Å². The van der Waals surface area contributed by atoms with Crippen LogP contribution >= 0.6 is 0 Å². The number of carbonyl (C=O) groups excluding carboxylic acids is 1. The molecule has 1 amide bonds. The van der Waals surface area contributed by atoms with Gasteiger partial charge in [-0.25, -0.2) is 17.2 Å². The number of halogens is 2. The van der Waals surface area contributed by atoms with E-state index >= 15 is 0 Å². The highest BCUT2D eigenvalue weighted by Crippen LogP contribution is 2.21. The standard InChI is InChI=1S/C18H20F2N2O3S/c1-3-17(13-7-5-4-6-8-13)21-18(23)12-22(26(2,24)25)14-9-10-15(19)16(20)11-14/h4-11,17H,3,12H2,1-2H3,(H,21,23)/t17-/m1/s1. The molecule has 2 aromatic rings. The van der Waals surface area contributed by atoms with Crippen molar-refractivity contribution in [3.05, 3.63) is 65.7 Å². The molecular formula is C18H20F2N2O3S. The van der Waals surface area contributed by atoms with Gasteiger partial charge in [0.15, 0.2) is 11.6 Å². The lowest BCUT2D eigenvalue weighted by Gasteiger charge is -2.24. The van der Waals surface area contributed by atoms with Crippen LogP contribution in [0.2, 0.25) is 0 Å². The summed E-state index contributed by atoms with van der Waals surface area (Å²) in [6, 6.07) is 11.7. The van der Waals surface area contributed by atoms with Crippen LogP contribution in [0.15, 0.2) is 48.5 Å². The number of amides is 1. The van der Waals surface area contributed by atoms with Gasteiger partial charge < -0.3 is 5.32 Å². The molecule has 2 rings (SSSR count). The minimum absolute atomic E-state index is 0.116. The molecule has 0 aliphatic carbocycles. The third-order valence-corrected chi connectivity index (χ3v) is 4.96. The number of hydrogen-bond donors (Lipinski definition) is 1. The van der Waals surface area contributed by atoms with E-state index in [0.29, 0.717) is 6.42 Å². The summed E-state index contributed by atoms with van der Waals surface area (Å²) < 4.78 is 51.3. The van der Waals surface area contributed by atoms with E-state index in [2.05, 4.69) is 5.32 Å². The Bertz CT molecular complexity index is 873. The van der Waals surface area contributed by atoms with Gasteiger partial charge in [0.1, 0.15) is 6.54 Å². The molecule has 2 aromatic carbocycles. The second kappa shape index (κ2) is 8.27. The monoisotopic (exact) mass is 382 g/mol. The number of anilines is 1. The molecule has 0 heterocycles. The van der Waals surface area contributed by atoms with E-state index in [-0.39, 0.29) is 11.7 Å². The van der Waals surface area contributed by atoms with Crippen LogP contribution in [-0.2, 0) is 14.8 Å². The Morgan fingerprint density at radius 2 is 1.77 bits per heavy atom. The van der Waals surface area contributed by atoms with Crippen LogP contribution in [0.5, 0.6) is 0 Å². The molecule has 140 valence electrons. The molecule has 0 aliphatic heterocycles. The Balaban J connectivity index is 2.20. The number of carbonyl (C=O) groups is 1. The maximum absolute atomic E-state index is 13.5. The van der Waals surface area contributed by atoms with Crippen LogP contribution in [0.3, 0.4) is 0 Å². The lowest BCUT2D eigenvalue weighted by molar-refractivity contribution is -0.120. The molecule has 5 nitrogen and oxygen atoms in total. The Morgan fingerprint density at radius 3 is 2.31 bits per heavy atom. The Morgan fingerprint density at radius 1 is 1.12 bits per heavy atom. The molecule has 1 N–H and O–H groups in total. The fourth-order valence-electron chi connectivity index (χ4n) is 2.52. The van der Waals surface area contributed by atoms with Gasteiger partial charge in [-0.1, -0.05) is 37.3 Å². The van der Waals surface area contributed by atoms with Gasteiger partial charge in [0.2, 0.25) is 15.9 Å². The van der Waals surface area contributed by atoms with E-state index in [1.54, 1.807) is 0 Å². The molecule has 0 saturated carbocycles. The first-order chi connectivity index (χ1) is 12.2. The van der Waals surface area contributed by atoms with Gasteiger partial charge in [-0.3, -0.25) is 9.10 Å².